The third kappa shape index (κ3) is 3.36. The van der Waals surface area contributed by atoms with Crippen LogP contribution in [0.15, 0.2) is 33.3 Å². The molecule has 0 aliphatic carbocycles. The van der Waals surface area contributed by atoms with Crippen molar-refractivity contribution in [3.05, 3.63) is 49.1 Å². The number of benzene rings is 1. The lowest BCUT2D eigenvalue weighted by Gasteiger charge is -2.16. The van der Waals surface area contributed by atoms with Gasteiger partial charge in [0.05, 0.1) is 10.6 Å². The Bertz CT molecular complexity index is 722. The van der Waals surface area contributed by atoms with E-state index in [9.17, 15) is 14.9 Å². The summed E-state index contributed by atoms with van der Waals surface area (Å²) in [6, 6.07) is 3.97. The molecule has 9 heteroatoms. The van der Waals surface area contributed by atoms with Crippen molar-refractivity contribution in [3.63, 3.8) is 0 Å². The molecule has 7 nitrogen and oxygen atoms in total. The number of nitrogens with one attached hydrogen (secondary N) is 1. The molecule has 1 aromatic heterocycles. The van der Waals surface area contributed by atoms with Gasteiger partial charge in [0.15, 0.2) is 0 Å². The van der Waals surface area contributed by atoms with Crippen molar-refractivity contribution in [2.45, 2.75) is 19.9 Å². The van der Waals surface area contributed by atoms with Gasteiger partial charge in [0.25, 0.3) is 5.69 Å². The number of carbonyl (C=O) groups is 1. The molecule has 2 aromatic rings. The molecule has 0 fully saturated rings. The summed E-state index contributed by atoms with van der Waals surface area (Å²) in [5.74, 6) is -0.276. The van der Waals surface area contributed by atoms with Gasteiger partial charge in [-0.3, -0.25) is 19.6 Å². The smallest absolute Gasteiger partial charge is 0.271 e. The number of nitro benzene ring substituents is 1. The van der Waals surface area contributed by atoms with E-state index in [0.29, 0.717) is 14.6 Å². The predicted molar refractivity (Wildman–Crippen MR) is 88.8 cm³/mol. The minimum atomic E-state index is -0.510. The van der Waals surface area contributed by atoms with E-state index in [2.05, 4.69) is 42.3 Å². The molecule has 0 bridgehead atoms. The van der Waals surface area contributed by atoms with Crippen LogP contribution in [-0.2, 0) is 4.79 Å². The number of aromatic nitrogens is 2. The molecule has 116 valence electrons. The van der Waals surface area contributed by atoms with Gasteiger partial charge in [0.2, 0.25) is 5.91 Å². The summed E-state index contributed by atoms with van der Waals surface area (Å²) in [4.78, 5) is 22.6. The Morgan fingerprint density at radius 1 is 1.41 bits per heavy atom. The van der Waals surface area contributed by atoms with Gasteiger partial charge in [-0.1, -0.05) is 0 Å². The van der Waals surface area contributed by atoms with Gasteiger partial charge >= 0.3 is 0 Å². The number of hydrogen-bond acceptors (Lipinski definition) is 4. The number of anilines is 1. The first-order chi connectivity index (χ1) is 10.3. The summed E-state index contributed by atoms with van der Waals surface area (Å²) in [5, 5.41) is 17.7. The number of rotatable bonds is 4. The van der Waals surface area contributed by atoms with E-state index in [4.69, 9.17) is 0 Å². The van der Waals surface area contributed by atoms with Crippen LogP contribution < -0.4 is 5.32 Å². The van der Waals surface area contributed by atoms with Crippen molar-refractivity contribution in [1.82, 2.24) is 9.78 Å². The maximum absolute atomic E-state index is 12.3. The minimum Gasteiger partial charge on any atom is -0.322 e. The number of aryl methyl sites for hydroxylation is 1. The summed E-state index contributed by atoms with van der Waals surface area (Å²) < 4.78 is 2.44. The number of nitrogens with zero attached hydrogens (tertiary/aromatic N) is 3. The minimum absolute atomic E-state index is 0.0762. The number of hydrogen-bond donors (Lipinski definition) is 1. The molecule has 2 rings (SSSR count). The van der Waals surface area contributed by atoms with Crippen molar-refractivity contribution in [1.29, 1.82) is 0 Å². The van der Waals surface area contributed by atoms with Crippen LogP contribution in [0.5, 0.6) is 0 Å². The first-order valence-electron chi connectivity index (χ1n) is 6.25. The number of amides is 1. The fourth-order valence-electron chi connectivity index (χ4n) is 1.91. The zero-order chi connectivity index (χ0) is 16.4. The monoisotopic (exact) mass is 430 g/mol. The summed E-state index contributed by atoms with van der Waals surface area (Å²) in [5.41, 5.74) is 1.23. The number of halogens is 2. The van der Waals surface area contributed by atoms with Crippen molar-refractivity contribution >= 4 is 49.1 Å². The Morgan fingerprint density at radius 3 is 2.45 bits per heavy atom. The third-order valence-electron chi connectivity index (χ3n) is 3.10. The molecule has 1 N–H and O–H groups in total. The number of nitro groups is 1. The van der Waals surface area contributed by atoms with Crippen molar-refractivity contribution in [3.8, 4) is 0 Å². The highest BCUT2D eigenvalue weighted by Gasteiger charge is 2.21. The number of non-ortho nitro benzene ring substituents is 1. The van der Waals surface area contributed by atoms with E-state index < -0.39 is 11.0 Å². The van der Waals surface area contributed by atoms with Crippen LogP contribution in [0.2, 0.25) is 0 Å². The average molecular weight is 432 g/mol. The Hall–Kier alpha value is -1.74. The van der Waals surface area contributed by atoms with E-state index in [1.165, 1.54) is 12.1 Å². The molecule has 0 aliphatic heterocycles. The second-order valence-electron chi connectivity index (χ2n) is 4.62. The molecule has 1 unspecified atom stereocenters. The molecule has 0 radical (unpaired) electrons. The SMILES string of the molecule is Cc1ccnn1C(C)C(=O)Nc1c(Br)cc([N+](=O)[O-])cc1Br. The van der Waals surface area contributed by atoms with Gasteiger partial charge in [0.1, 0.15) is 6.04 Å². The molecule has 1 aromatic carbocycles. The maximum atomic E-state index is 12.3. The molecule has 0 saturated heterocycles. The summed E-state index contributed by atoms with van der Waals surface area (Å²) in [6.07, 6.45) is 1.62. The number of carbonyl (C=O) groups excluding carboxylic acids is 1. The zero-order valence-electron chi connectivity index (χ0n) is 11.7. The third-order valence-corrected chi connectivity index (χ3v) is 4.35. The molecule has 0 saturated carbocycles. The Labute approximate surface area is 143 Å². The summed E-state index contributed by atoms with van der Waals surface area (Å²) in [6.45, 7) is 3.58. The topological polar surface area (TPSA) is 90.1 Å². The second kappa shape index (κ2) is 6.57. The van der Waals surface area contributed by atoms with E-state index >= 15 is 0 Å². The van der Waals surface area contributed by atoms with Crippen LogP contribution in [0, 0.1) is 17.0 Å². The standard InChI is InChI=1S/C13H12Br2N4O3/c1-7-3-4-16-18(7)8(2)13(20)17-12-10(14)5-9(19(21)22)6-11(12)15/h3-6,8H,1-2H3,(H,17,20). The van der Waals surface area contributed by atoms with Gasteiger partial charge < -0.3 is 5.32 Å². The van der Waals surface area contributed by atoms with Crippen molar-refractivity contribution < 1.29 is 9.72 Å². The van der Waals surface area contributed by atoms with Crippen LogP contribution in [0.3, 0.4) is 0 Å². The van der Waals surface area contributed by atoms with Gasteiger partial charge in [-0.2, -0.15) is 5.10 Å². The van der Waals surface area contributed by atoms with Gasteiger partial charge in [-0.05, 0) is 51.8 Å². The molecule has 22 heavy (non-hydrogen) atoms. The molecular formula is C13H12Br2N4O3. The molecule has 0 spiro atoms. The van der Waals surface area contributed by atoms with Crippen LogP contribution in [0.4, 0.5) is 11.4 Å². The highest BCUT2D eigenvalue weighted by Crippen LogP contribution is 2.35. The Balaban J connectivity index is 2.25. The van der Waals surface area contributed by atoms with E-state index in [0.717, 1.165) is 5.69 Å². The Kier molecular flexibility index (Phi) is 4.97. The van der Waals surface area contributed by atoms with Crippen LogP contribution in [0.25, 0.3) is 0 Å². The van der Waals surface area contributed by atoms with Gasteiger partial charge in [-0.25, -0.2) is 0 Å². The normalized spacial score (nSPS) is 12.0. The van der Waals surface area contributed by atoms with E-state index in [-0.39, 0.29) is 11.6 Å². The van der Waals surface area contributed by atoms with E-state index in [1.807, 2.05) is 13.0 Å². The zero-order valence-corrected chi connectivity index (χ0v) is 14.9. The quantitative estimate of drug-likeness (QED) is 0.588. The highest BCUT2D eigenvalue weighted by atomic mass is 79.9. The maximum Gasteiger partial charge on any atom is 0.271 e. The molecular weight excluding hydrogens is 420 g/mol. The fraction of sp³-hybridized carbons (Fsp3) is 0.231. The molecule has 0 aliphatic rings. The first-order valence-corrected chi connectivity index (χ1v) is 7.84. The molecule has 1 amide bonds. The van der Waals surface area contributed by atoms with Crippen LogP contribution in [-0.4, -0.2) is 20.6 Å². The largest absolute Gasteiger partial charge is 0.322 e. The first kappa shape index (κ1) is 16.6. The van der Waals surface area contributed by atoms with Crippen molar-refractivity contribution in [2.75, 3.05) is 5.32 Å². The second-order valence-corrected chi connectivity index (χ2v) is 6.33. The van der Waals surface area contributed by atoms with Crippen LogP contribution >= 0.6 is 31.9 Å². The lowest BCUT2D eigenvalue weighted by molar-refractivity contribution is -0.385. The lowest BCUT2D eigenvalue weighted by Crippen LogP contribution is -2.25. The fourth-order valence-corrected chi connectivity index (χ4v) is 3.27. The van der Waals surface area contributed by atoms with E-state index in [1.54, 1.807) is 17.8 Å². The summed E-state index contributed by atoms with van der Waals surface area (Å²) in [7, 11) is 0. The average Bonchev–Trinajstić information content (AvgIpc) is 2.87. The van der Waals surface area contributed by atoms with Crippen molar-refractivity contribution in [2.24, 2.45) is 0 Å². The predicted octanol–water partition coefficient (Wildman–Crippen LogP) is 3.82. The van der Waals surface area contributed by atoms with Crippen LogP contribution in [0.1, 0.15) is 18.7 Å². The highest BCUT2D eigenvalue weighted by molar-refractivity contribution is 9.11. The van der Waals surface area contributed by atoms with Gasteiger partial charge in [0, 0.05) is 33.0 Å². The molecule has 1 heterocycles. The summed E-state index contributed by atoms with van der Waals surface area (Å²) >= 11 is 6.47. The molecule has 1 atom stereocenters. The Morgan fingerprint density at radius 2 is 2.00 bits per heavy atom. The van der Waals surface area contributed by atoms with Gasteiger partial charge in [-0.15, -0.1) is 0 Å². The lowest BCUT2D eigenvalue weighted by atomic mass is 10.2.